The largest absolute Gasteiger partial charge is 0.467 e. The molecule has 2 rings (SSSR count). The smallest absolute Gasteiger partial charge is 0.322 e. The van der Waals surface area contributed by atoms with Crippen LogP contribution >= 0.6 is 22.9 Å². The third-order valence-electron chi connectivity index (χ3n) is 2.21. The molecule has 0 radical (unpaired) electrons. The van der Waals surface area contributed by atoms with Crippen LogP contribution in [0.25, 0.3) is 0 Å². The third kappa shape index (κ3) is 3.55. The summed E-state index contributed by atoms with van der Waals surface area (Å²) in [5, 5.41) is 2.68. The number of carbonyl (C=O) groups excluding carboxylic acids is 1. The summed E-state index contributed by atoms with van der Waals surface area (Å²) in [5.74, 6) is 0.0879. The van der Waals surface area contributed by atoms with E-state index in [2.05, 4.69) is 20.3 Å². The minimum Gasteiger partial charge on any atom is -0.467 e. The molecule has 0 aromatic carbocycles. The Morgan fingerprint density at radius 2 is 1.90 bits per heavy atom. The van der Waals surface area contributed by atoms with Crippen molar-refractivity contribution in [2.45, 2.75) is 6.54 Å². The molecule has 2 aromatic heterocycles. The van der Waals surface area contributed by atoms with E-state index in [1.54, 1.807) is 12.1 Å². The van der Waals surface area contributed by atoms with E-state index < -0.39 is 0 Å². The number of halogens is 1. The van der Waals surface area contributed by atoms with Gasteiger partial charge in [0.15, 0.2) is 5.82 Å². The molecule has 20 heavy (non-hydrogen) atoms. The predicted octanol–water partition coefficient (Wildman–Crippen LogP) is 1.53. The molecule has 0 saturated carbocycles. The van der Waals surface area contributed by atoms with Crippen LogP contribution in [0.1, 0.15) is 15.5 Å². The Hall–Kier alpha value is -1.93. The van der Waals surface area contributed by atoms with Crippen molar-refractivity contribution in [3.8, 4) is 12.0 Å². The molecular formula is C11H11ClN4O3S. The quantitative estimate of drug-likeness (QED) is 0.900. The average Bonchev–Trinajstić information content (AvgIpc) is 2.91. The van der Waals surface area contributed by atoms with Crippen LogP contribution in [0.3, 0.4) is 0 Å². The number of methoxy groups -OCH3 is 2. The SMILES string of the molecule is COc1nc(CNC(=O)c2ccc(Cl)s2)nc(OC)n1. The second-order valence-electron chi connectivity index (χ2n) is 3.51. The molecule has 2 aromatic rings. The number of carbonyl (C=O) groups is 1. The fourth-order valence-electron chi connectivity index (χ4n) is 1.32. The molecule has 106 valence electrons. The van der Waals surface area contributed by atoms with Gasteiger partial charge in [-0.05, 0) is 12.1 Å². The maximum Gasteiger partial charge on any atom is 0.322 e. The van der Waals surface area contributed by atoms with Crippen molar-refractivity contribution in [2.75, 3.05) is 14.2 Å². The lowest BCUT2D eigenvalue weighted by Crippen LogP contribution is -2.23. The summed E-state index contributed by atoms with van der Waals surface area (Å²) < 4.78 is 10.4. The van der Waals surface area contributed by atoms with E-state index in [1.165, 1.54) is 25.6 Å². The van der Waals surface area contributed by atoms with E-state index in [0.717, 1.165) is 0 Å². The number of thiophene rings is 1. The minimum absolute atomic E-state index is 0.125. The molecule has 0 saturated heterocycles. The van der Waals surface area contributed by atoms with Gasteiger partial charge in [-0.15, -0.1) is 16.3 Å². The van der Waals surface area contributed by atoms with E-state index in [-0.39, 0.29) is 24.5 Å². The Labute approximate surface area is 123 Å². The number of nitrogens with one attached hydrogen (secondary N) is 1. The Morgan fingerprint density at radius 3 is 2.40 bits per heavy atom. The molecule has 0 fully saturated rings. The molecule has 0 aliphatic carbocycles. The summed E-state index contributed by atoms with van der Waals surface area (Å²) in [6.07, 6.45) is 0. The Bertz CT molecular complexity index is 597. The van der Waals surface area contributed by atoms with Gasteiger partial charge in [-0.25, -0.2) is 0 Å². The summed E-state index contributed by atoms with van der Waals surface area (Å²) in [6.45, 7) is 0.129. The van der Waals surface area contributed by atoms with Crippen molar-refractivity contribution < 1.29 is 14.3 Å². The highest BCUT2D eigenvalue weighted by Gasteiger charge is 2.11. The van der Waals surface area contributed by atoms with Gasteiger partial charge in [0.05, 0.1) is 30.0 Å². The van der Waals surface area contributed by atoms with Crippen molar-refractivity contribution in [3.05, 3.63) is 27.2 Å². The summed E-state index contributed by atoms with van der Waals surface area (Å²) in [6, 6.07) is 3.56. The van der Waals surface area contributed by atoms with Gasteiger partial charge in [-0.1, -0.05) is 11.6 Å². The highest BCUT2D eigenvalue weighted by atomic mass is 35.5. The van der Waals surface area contributed by atoms with Crippen molar-refractivity contribution in [1.82, 2.24) is 20.3 Å². The number of rotatable bonds is 5. The second-order valence-corrected chi connectivity index (χ2v) is 5.23. The lowest BCUT2D eigenvalue weighted by Gasteiger charge is -2.05. The molecule has 1 N–H and O–H groups in total. The van der Waals surface area contributed by atoms with Crippen LogP contribution in [0.2, 0.25) is 4.34 Å². The van der Waals surface area contributed by atoms with Crippen LogP contribution < -0.4 is 14.8 Å². The number of aromatic nitrogens is 3. The molecule has 1 amide bonds. The number of nitrogens with zero attached hydrogens (tertiary/aromatic N) is 3. The summed E-state index contributed by atoms with van der Waals surface area (Å²) >= 11 is 6.97. The van der Waals surface area contributed by atoms with Crippen LogP contribution in [0.5, 0.6) is 12.0 Å². The Kier molecular flexibility index (Phi) is 4.70. The summed E-state index contributed by atoms with van der Waals surface area (Å²) in [5.41, 5.74) is 0. The van der Waals surface area contributed by atoms with Gasteiger partial charge in [0.25, 0.3) is 5.91 Å². The van der Waals surface area contributed by atoms with Gasteiger partial charge in [0, 0.05) is 0 Å². The van der Waals surface area contributed by atoms with Crippen molar-refractivity contribution in [3.63, 3.8) is 0 Å². The van der Waals surface area contributed by atoms with E-state index >= 15 is 0 Å². The van der Waals surface area contributed by atoms with Crippen molar-refractivity contribution in [2.24, 2.45) is 0 Å². The molecule has 0 aliphatic rings. The fourth-order valence-corrected chi connectivity index (χ4v) is 2.28. The first-order chi connectivity index (χ1) is 9.62. The maximum absolute atomic E-state index is 11.8. The van der Waals surface area contributed by atoms with Crippen LogP contribution in [0, 0.1) is 0 Å². The number of hydrogen-bond acceptors (Lipinski definition) is 7. The van der Waals surface area contributed by atoms with Gasteiger partial charge in [0.1, 0.15) is 0 Å². The standard InChI is InChI=1S/C11H11ClN4O3S/c1-18-10-14-8(15-11(16-10)19-2)5-13-9(17)6-3-4-7(12)20-6/h3-4H,5H2,1-2H3,(H,13,17). The van der Waals surface area contributed by atoms with Crippen molar-refractivity contribution in [1.29, 1.82) is 0 Å². The average molecular weight is 315 g/mol. The molecule has 0 aliphatic heterocycles. The normalized spacial score (nSPS) is 10.2. The fraction of sp³-hybridized carbons (Fsp3) is 0.273. The van der Waals surface area contributed by atoms with Gasteiger partial charge in [0.2, 0.25) is 0 Å². The van der Waals surface area contributed by atoms with Gasteiger partial charge in [-0.3, -0.25) is 4.79 Å². The number of hydrogen-bond donors (Lipinski definition) is 1. The lowest BCUT2D eigenvalue weighted by atomic mass is 10.4. The van der Waals surface area contributed by atoms with E-state index in [4.69, 9.17) is 21.1 Å². The molecule has 0 bridgehead atoms. The molecule has 2 heterocycles. The zero-order valence-electron chi connectivity index (χ0n) is 10.7. The molecular weight excluding hydrogens is 304 g/mol. The molecule has 0 unspecified atom stereocenters. The minimum atomic E-state index is -0.250. The third-order valence-corrected chi connectivity index (χ3v) is 3.44. The van der Waals surface area contributed by atoms with Crippen LogP contribution in [-0.2, 0) is 6.54 Å². The molecule has 9 heteroatoms. The maximum atomic E-state index is 11.8. The second kappa shape index (κ2) is 6.49. The van der Waals surface area contributed by atoms with Gasteiger partial charge < -0.3 is 14.8 Å². The first-order valence-electron chi connectivity index (χ1n) is 5.49. The lowest BCUT2D eigenvalue weighted by molar-refractivity contribution is 0.0953. The Morgan fingerprint density at radius 1 is 1.25 bits per heavy atom. The summed E-state index contributed by atoms with van der Waals surface area (Å²) in [7, 11) is 2.87. The van der Waals surface area contributed by atoms with Crippen LogP contribution in [0.15, 0.2) is 12.1 Å². The van der Waals surface area contributed by atoms with Crippen LogP contribution in [0.4, 0.5) is 0 Å². The van der Waals surface area contributed by atoms with E-state index in [9.17, 15) is 4.79 Å². The van der Waals surface area contributed by atoms with Gasteiger partial charge in [-0.2, -0.15) is 9.97 Å². The zero-order chi connectivity index (χ0) is 14.5. The van der Waals surface area contributed by atoms with E-state index in [1.807, 2.05) is 0 Å². The highest BCUT2D eigenvalue weighted by molar-refractivity contribution is 7.17. The van der Waals surface area contributed by atoms with E-state index in [0.29, 0.717) is 15.0 Å². The molecule has 0 spiro atoms. The van der Waals surface area contributed by atoms with Crippen LogP contribution in [-0.4, -0.2) is 35.1 Å². The van der Waals surface area contributed by atoms with Gasteiger partial charge >= 0.3 is 12.0 Å². The summed E-state index contributed by atoms with van der Waals surface area (Å²) in [4.78, 5) is 24.2. The zero-order valence-corrected chi connectivity index (χ0v) is 12.3. The molecule has 7 nitrogen and oxygen atoms in total. The predicted molar refractivity (Wildman–Crippen MR) is 73.4 cm³/mol. The Balaban J connectivity index is 2.05. The first kappa shape index (κ1) is 14.5. The monoisotopic (exact) mass is 314 g/mol. The topological polar surface area (TPSA) is 86.2 Å². The number of ether oxygens (including phenoxy) is 2. The molecule has 0 atom stereocenters. The van der Waals surface area contributed by atoms with Crippen molar-refractivity contribution >= 4 is 28.8 Å². The first-order valence-corrected chi connectivity index (χ1v) is 6.68. The highest BCUT2D eigenvalue weighted by Crippen LogP contribution is 2.21. The number of amides is 1.